The summed E-state index contributed by atoms with van der Waals surface area (Å²) >= 11 is 0. The minimum atomic E-state index is -3.78. The van der Waals surface area contributed by atoms with Crippen molar-refractivity contribution in [1.29, 1.82) is 0 Å². The van der Waals surface area contributed by atoms with Gasteiger partial charge in [-0.1, -0.05) is 31.2 Å². The second-order valence-corrected chi connectivity index (χ2v) is 9.05. The summed E-state index contributed by atoms with van der Waals surface area (Å²) in [5.74, 6) is 0.368. The van der Waals surface area contributed by atoms with Crippen LogP contribution in [0.15, 0.2) is 47.4 Å². The fraction of sp³-hybridized carbons (Fsp3) is 0.381. The molecule has 0 bridgehead atoms. The lowest BCUT2D eigenvalue weighted by Crippen LogP contribution is -2.39. The third kappa shape index (κ3) is 4.33. The van der Waals surface area contributed by atoms with E-state index in [1.54, 1.807) is 31.2 Å². The minimum Gasteiger partial charge on any atom is -0.338 e. The van der Waals surface area contributed by atoms with Gasteiger partial charge >= 0.3 is 0 Å². The molecule has 1 aliphatic rings. The Balaban J connectivity index is 1.90. The van der Waals surface area contributed by atoms with Crippen molar-refractivity contribution in [3.8, 4) is 0 Å². The molecule has 27 heavy (non-hydrogen) atoms. The van der Waals surface area contributed by atoms with Crippen LogP contribution in [0.1, 0.15) is 41.3 Å². The third-order valence-electron chi connectivity index (χ3n) is 5.06. The normalized spacial score (nSPS) is 17.6. The number of carbonyl (C=O) groups excluding carboxylic acids is 1. The molecule has 1 heterocycles. The Kier molecular flexibility index (Phi) is 5.56. The first kappa shape index (κ1) is 19.4. The van der Waals surface area contributed by atoms with Crippen LogP contribution in [0.3, 0.4) is 0 Å². The molecule has 144 valence electrons. The van der Waals surface area contributed by atoms with Gasteiger partial charge in [0, 0.05) is 18.7 Å². The second kappa shape index (κ2) is 7.72. The van der Waals surface area contributed by atoms with Crippen LogP contribution in [-0.4, -0.2) is 32.3 Å². The van der Waals surface area contributed by atoms with Crippen LogP contribution in [0.4, 0.5) is 5.69 Å². The van der Waals surface area contributed by atoms with Crippen LogP contribution in [0.5, 0.6) is 0 Å². The van der Waals surface area contributed by atoms with Gasteiger partial charge < -0.3 is 4.90 Å². The van der Waals surface area contributed by atoms with Crippen molar-refractivity contribution in [2.45, 2.75) is 38.5 Å². The Morgan fingerprint density at radius 3 is 2.56 bits per heavy atom. The number of para-hydroxylation sites is 1. The smallest absolute Gasteiger partial charge is 0.262 e. The quantitative estimate of drug-likeness (QED) is 0.864. The zero-order valence-electron chi connectivity index (χ0n) is 16.0. The van der Waals surface area contributed by atoms with E-state index in [9.17, 15) is 13.2 Å². The van der Waals surface area contributed by atoms with Gasteiger partial charge in [0.15, 0.2) is 0 Å². The van der Waals surface area contributed by atoms with E-state index >= 15 is 0 Å². The number of sulfonamides is 1. The van der Waals surface area contributed by atoms with Crippen molar-refractivity contribution < 1.29 is 13.2 Å². The summed E-state index contributed by atoms with van der Waals surface area (Å²) in [6.07, 6.45) is 2.11. The number of piperidine rings is 1. The van der Waals surface area contributed by atoms with Gasteiger partial charge in [-0.3, -0.25) is 9.52 Å². The maximum absolute atomic E-state index is 12.9. The molecule has 6 heteroatoms. The lowest BCUT2D eigenvalue weighted by molar-refractivity contribution is 0.0683. The Labute approximate surface area is 161 Å². The number of anilines is 1. The Hall–Kier alpha value is -2.34. The predicted octanol–water partition coefficient (Wildman–Crippen LogP) is 3.98. The van der Waals surface area contributed by atoms with Gasteiger partial charge in [-0.05, 0) is 61.9 Å². The molecule has 0 aliphatic carbocycles. The molecule has 1 amide bonds. The molecule has 1 aliphatic heterocycles. The zero-order chi connectivity index (χ0) is 19.6. The fourth-order valence-corrected chi connectivity index (χ4v) is 4.87. The molecule has 2 aromatic rings. The summed E-state index contributed by atoms with van der Waals surface area (Å²) in [6, 6.07) is 12.1. The average molecular weight is 387 g/mol. The second-order valence-electron chi connectivity index (χ2n) is 7.40. The first-order valence-corrected chi connectivity index (χ1v) is 10.7. The molecule has 0 aromatic heterocycles. The number of hydrogen-bond acceptors (Lipinski definition) is 3. The van der Waals surface area contributed by atoms with Gasteiger partial charge in [0.25, 0.3) is 15.9 Å². The number of rotatable bonds is 4. The van der Waals surface area contributed by atoms with Gasteiger partial charge in [-0.15, -0.1) is 0 Å². The van der Waals surface area contributed by atoms with Crippen LogP contribution < -0.4 is 4.72 Å². The Morgan fingerprint density at radius 1 is 1.11 bits per heavy atom. The predicted molar refractivity (Wildman–Crippen MR) is 107 cm³/mol. The molecule has 5 nitrogen and oxygen atoms in total. The van der Waals surface area contributed by atoms with E-state index in [1.807, 2.05) is 24.0 Å². The summed E-state index contributed by atoms with van der Waals surface area (Å²) in [6.45, 7) is 7.17. The van der Waals surface area contributed by atoms with Crippen LogP contribution in [-0.2, 0) is 10.0 Å². The molecule has 0 radical (unpaired) electrons. The molecular weight excluding hydrogens is 360 g/mol. The summed E-state index contributed by atoms with van der Waals surface area (Å²) in [7, 11) is -3.78. The van der Waals surface area contributed by atoms with Gasteiger partial charge in [0.2, 0.25) is 0 Å². The maximum atomic E-state index is 12.9. The van der Waals surface area contributed by atoms with Crippen molar-refractivity contribution in [2.75, 3.05) is 17.8 Å². The van der Waals surface area contributed by atoms with Gasteiger partial charge in [-0.25, -0.2) is 8.42 Å². The van der Waals surface area contributed by atoms with Crippen LogP contribution in [0.25, 0.3) is 0 Å². The number of hydrogen-bond donors (Lipinski definition) is 1. The van der Waals surface area contributed by atoms with Crippen molar-refractivity contribution in [3.05, 3.63) is 59.2 Å². The summed E-state index contributed by atoms with van der Waals surface area (Å²) in [5, 5.41) is 0. The average Bonchev–Trinajstić information content (AvgIpc) is 2.63. The molecule has 1 atom stereocenters. The molecule has 0 unspecified atom stereocenters. The SMILES string of the molecule is Cc1ccccc1NS(=O)(=O)c1cc(C(=O)N2CCC[C@@H](C)C2)ccc1C. The highest BCUT2D eigenvalue weighted by atomic mass is 32.2. The van der Waals surface area contributed by atoms with Crippen LogP contribution >= 0.6 is 0 Å². The molecule has 1 fully saturated rings. The van der Waals surface area contributed by atoms with E-state index in [1.165, 1.54) is 6.07 Å². The standard InChI is InChI=1S/C21H26N2O3S/c1-15-7-6-12-23(14-15)21(24)18-11-10-17(3)20(13-18)27(25,26)22-19-9-5-4-8-16(19)2/h4-5,8-11,13,15,22H,6-7,12,14H2,1-3H3/t15-/m1/s1. The highest BCUT2D eigenvalue weighted by molar-refractivity contribution is 7.92. The largest absolute Gasteiger partial charge is 0.338 e. The lowest BCUT2D eigenvalue weighted by Gasteiger charge is -2.31. The first-order chi connectivity index (χ1) is 12.8. The maximum Gasteiger partial charge on any atom is 0.262 e. The monoisotopic (exact) mass is 386 g/mol. The molecular formula is C21H26N2O3S. The van der Waals surface area contributed by atoms with Crippen molar-refractivity contribution in [2.24, 2.45) is 5.92 Å². The van der Waals surface area contributed by atoms with Crippen LogP contribution in [0, 0.1) is 19.8 Å². The summed E-state index contributed by atoms with van der Waals surface area (Å²) in [4.78, 5) is 14.8. The van der Waals surface area contributed by atoms with Gasteiger partial charge in [0.1, 0.15) is 0 Å². The zero-order valence-corrected chi connectivity index (χ0v) is 16.8. The molecule has 2 aromatic carbocycles. The Bertz CT molecular complexity index is 954. The minimum absolute atomic E-state index is 0.103. The first-order valence-electron chi connectivity index (χ1n) is 9.26. The topological polar surface area (TPSA) is 66.5 Å². The van der Waals surface area contributed by atoms with E-state index in [0.717, 1.165) is 31.5 Å². The molecule has 3 rings (SSSR count). The number of nitrogens with one attached hydrogen (secondary N) is 1. The lowest BCUT2D eigenvalue weighted by atomic mass is 9.99. The van der Waals surface area contributed by atoms with Crippen molar-refractivity contribution in [1.82, 2.24) is 4.90 Å². The number of amides is 1. The molecule has 0 spiro atoms. The molecule has 1 saturated heterocycles. The van der Waals surface area contributed by atoms with E-state index in [0.29, 0.717) is 22.7 Å². The fourth-order valence-electron chi connectivity index (χ4n) is 3.47. The number of aryl methyl sites for hydroxylation is 2. The van der Waals surface area contributed by atoms with Gasteiger partial charge in [-0.2, -0.15) is 0 Å². The number of nitrogens with zero attached hydrogens (tertiary/aromatic N) is 1. The highest BCUT2D eigenvalue weighted by Crippen LogP contribution is 2.24. The van der Waals surface area contributed by atoms with E-state index in [-0.39, 0.29) is 10.8 Å². The number of benzene rings is 2. The highest BCUT2D eigenvalue weighted by Gasteiger charge is 2.25. The number of carbonyl (C=O) groups is 1. The van der Waals surface area contributed by atoms with Crippen molar-refractivity contribution in [3.63, 3.8) is 0 Å². The number of likely N-dealkylation sites (tertiary alicyclic amines) is 1. The van der Waals surface area contributed by atoms with Gasteiger partial charge in [0.05, 0.1) is 10.6 Å². The Morgan fingerprint density at radius 2 is 1.85 bits per heavy atom. The van der Waals surface area contributed by atoms with E-state index < -0.39 is 10.0 Å². The third-order valence-corrected chi connectivity index (χ3v) is 6.57. The van der Waals surface area contributed by atoms with E-state index in [2.05, 4.69) is 11.6 Å². The molecule has 1 N–H and O–H groups in total. The molecule has 0 saturated carbocycles. The summed E-state index contributed by atoms with van der Waals surface area (Å²) in [5.41, 5.74) is 2.41. The van der Waals surface area contributed by atoms with E-state index in [4.69, 9.17) is 0 Å². The van der Waals surface area contributed by atoms with Crippen molar-refractivity contribution >= 4 is 21.6 Å². The van der Waals surface area contributed by atoms with Crippen LogP contribution in [0.2, 0.25) is 0 Å². The summed E-state index contributed by atoms with van der Waals surface area (Å²) < 4.78 is 28.5.